The first kappa shape index (κ1) is 16.4. The van der Waals surface area contributed by atoms with Crippen molar-refractivity contribution < 1.29 is 33.7 Å². The molecule has 0 aliphatic carbocycles. The van der Waals surface area contributed by atoms with E-state index in [0.717, 1.165) is 0 Å². The number of aliphatic hydroxyl groups excluding tert-OH is 1. The van der Waals surface area contributed by atoms with Crippen LogP contribution in [0.4, 0.5) is 0 Å². The van der Waals surface area contributed by atoms with Crippen molar-refractivity contribution in [2.75, 3.05) is 6.61 Å². The Kier molecular flexibility index (Phi) is 5.90. The van der Waals surface area contributed by atoms with Crippen LogP contribution in [0.15, 0.2) is 0 Å². The van der Waals surface area contributed by atoms with Gasteiger partial charge >= 0.3 is 11.9 Å². The summed E-state index contributed by atoms with van der Waals surface area (Å²) in [7, 11) is 0. The van der Waals surface area contributed by atoms with Crippen molar-refractivity contribution in [2.24, 2.45) is 0 Å². The van der Waals surface area contributed by atoms with Gasteiger partial charge in [-0.05, 0) is 0 Å². The van der Waals surface area contributed by atoms with Crippen molar-refractivity contribution in [3.05, 3.63) is 0 Å². The van der Waals surface area contributed by atoms with E-state index in [1.807, 2.05) is 0 Å². The molecule has 0 radical (unpaired) electrons. The maximum Gasteiger partial charge on any atom is 0.302 e. The van der Waals surface area contributed by atoms with Gasteiger partial charge in [-0.2, -0.15) is 0 Å². The molecule has 2 N–H and O–H groups in total. The average molecular weight is 289 g/mol. The van der Waals surface area contributed by atoms with Gasteiger partial charge in [-0.15, -0.1) is 0 Å². The fourth-order valence-electron chi connectivity index (χ4n) is 1.95. The van der Waals surface area contributed by atoms with Crippen LogP contribution in [0, 0.1) is 0 Å². The summed E-state index contributed by atoms with van der Waals surface area (Å²) >= 11 is 0. The predicted molar refractivity (Wildman–Crippen MR) is 65.3 cm³/mol. The lowest BCUT2D eigenvalue weighted by Crippen LogP contribution is -2.56. The third-order valence-electron chi connectivity index (χ3n) is 2.72. The summed E-state index contributed by atoms with van der Waals surface area (Å²) in [5, 5.41) is 12.3. The average Bonchev–Trinajstić information content (AvgIpc) is 2.29. The summed E-state index contributed by atoms with van der Waals surface area (Å²) in [5.41, 5.74) is 0. The molecule has 1 aliphatic heterocycles. The molecule has 0 saturated carbocycles. The Morgan fingerprint density at radius 1 is 1.25 bits per heavy atom. The van der Waals surface area contributed by atoms with E-state index < -0.39 is 36.5 Å². The molecule has 1 aliphatic rings. The highest BCUT2D eigenvalue weighted by molar-refractivity contribution is 5.73. The van der Waals surface area contributed by atoms with Gasteiger partial charge in [0.25, 0.3) is 0 Å². The highest BCUT2D eigenvalue weighted by Gasteiger charge is 2.40. The number of carbonyl (C=O) groups is 3. The van der Waals surface area contributed by atoms with Gasteiger partial charge in [-0.1, -0.05) is 0 Å². The minimum atomic E-state index is -1.26. The molecule has 0 aromatic rings. The smallest absolute Gasteiger partial charge is 0.302 e. The van der Waals surface area contributed by atoms with Gasteiger partial charge in [0.05, 0.1) is 6.04 Å². The molecule has 1 saturated heterocycles. The van der Waals surface area contributed by atoms with Crippen LogP contribution in [0.3, 0.4) is 0 Å². The summed E-state index contributed by atoms with van der Waals surface area (Å²) < 4.78 is 15.1. The molecule has 114 valence electrons. The van der Waals surface area contributed by atoms with Gasteiger partial charge in [0.1, 0.15) is 18.8 Å². The lowest BCUT2D eigenvalue weighted by Gasteiger charge is -2.38. The van der Waals surface area contributed by atoms with Gasteiger partial charge in [0, 0.05) is 27.2 Å². The van der Waals surface area contributed by atoms with Gasteiger partial charge in [0.15, 0.2) is 6.29 Å². The fourth-order valence-corrected chi connectivity index (χ4v) is 1.95. The molecule has 8 heteroatoms. The van der Waals surface area contributed by atoms with E-state index in [-0.39, 0.29) is 18.9 Å². The van der Waals surface area contributed by atoms with Crippen molar-refractivity contribution in [3.63, 3.8) is 0 Å². The summed E-state index contributed by atoms with van der Waals surface area (Å²) in [6.45, 7) is 3.64. The van der Waals surface area contributed by atoms with E-state index in [2.05, 4.69) is 5.32 Å². The lowest BCUT2D eigenvalue weighted by molar-refractivity contribution is -0.231. The van der Waals surface area contributed by atoms with E-state index in [4.69, 9.17) is 14.2 Å². The van der Waals surface area contributed by atoms with Crippen LogP contribution in [0.5, 0.6) is 0 Å². The normalized spacial score (nSPS) is 29.4. The highest BCUT2D eigenvalue weighted by atomic mass is 16.6. The third kappa shape index (κ3) is 5.14. The van der Waals surface area contributed by atoms with Crippen LogP contribution in [-0.2, 0) is 28.6 Å². The van der Waals surface area contributed by atoms with Crippen molar-refractivity contribution in [3.8, 4) is 0 Å². The Bertz CT molecular complexity index is 384. The molecule has 8 nitrogen and oxygen atoms in total. The van der Waals surface area contributed by atoms with Gasteiger partial charge < -0.3 is 24.6 Å². The zero-order valence-corrected chi connectivity index (χ0v) is 11.6. The maximum absolute atomic E-state index is 11.1. The van der Waals surface area contributed by atoms with Crippen LogP contribution in [-0.4, -0.2) is 54.1 Å². The standard InChI is InChI=1S/C12H19NO7/c1-6(14)13-9-4-10(19-8(3)16)11(20-12(9)17)5-18-7(2)15/h9-12,17H,4-5H2,1-3H3,(H,13,14). The first-order chi connectivity index (χ1) is 9.29. The molecule has 20 heavy (non-hydrogen) atoms. The molecule has 0 bridgehead atoms. The molecule has 1 fully saturated rings. The minimum Gasteiger partial charge on any atom is -0.463 e. The second kappa shape index (κ2) is 7.20. The fraction of sp³-hybridized carbons (Fsp3) is 0.750. The number of carbonyl (C=O) groups excluding carboxylic acids is 3. The quantitative estimate of drug-likeness (QED) is 0.645. The summed E-state index contributed by atoms with van der Waals surface area (Å²) in [6.07, 6.45) is -2.58. The van der Waals surface area contributed by atoms with Crippen LogP contribution in [0.25, 0.3) is 0 Å². The van der Waals surface area contributed by atoms with E-state index in [1.165, 1.54) is 20.8 Å². The van der Waals surface area contributed by atoms with Crippen LogP contribution < -0.4 is 5.32 Å². The third-order valence-corrected chi connectivity index (χ3v) is 2.72. The molecule has 4 atom stereocenters. The SMILES string of the molecule is CC(=O)NC1CC(OC(C)=O)C(COC(C)=O)OC1O. The number of hydrogen-bond acceptors (Lipinski definition) is 7. The van der Waals surface area contributed by atoms with Gasteiger partial charge in [-0.3, -0.25) is 14.4 Å². The molecular formula is C12H19NO7. The molecular weight excluding hydrogens is 270 g/mol. The number of nitrogens with one attached hydrogen (secondary N) is 1. The minimum absolute atomic E-state index is 0.142. The topological polar surface area (TPSA) is 111 Å². The molecule has 4 unspecified atom stereocenters. The van der Waals surface area contributed by atoms with E-state index in [0.29, 0.717) is 0 Å². The first-order valence-corrected chi connectivity index (χ1v) is 6.20. The summed E-state index contributed by atoms with van der Waals surface area (Å²) in [6, 6.07) is -0.689. The molecule has 1 rings (SSSR count). The molecule has 1 heterocycles. The molecule has 0 aromatic carbocycles. The van der Waals surface area contributed by atoms with Crippen molar-refractivity contribution >= 4 is 17.8 Å². The van der Waals surface area contributed by atoms with Crippen LogP contribution >= 0.6 is 0 Å². The first-order valence-electron chi connectivity index (χ1n) is 6.20. The second-order valence-electron chi connectivity index (χ2n) is 4.56. The molecule has 1 amide bonds. The largest absolute Gasteiger partial charge is 0.463 e. The second-order valence-corrected chi connectivity index (χ2v) is 4.56. The monoisotopic (exact) mass is 289 g/mol. The van der Waals surface area contributed by atoms with Crippen molar-refractivity contribution in [1.29, 1.82) is 0 Å². The highest BCUT2D eigenvalue weighted by Crippen LogP contribution is 2.22. The predicted octanol–water partition coefficient (Wildman–Crippen LogP) is -0.907. The number of rotatable bonds is 4. The molecule has 0 aromatic heterocycles. The van der Waals surface area contributed by atoms with Crippen LogP contribution in [0.1, 0.15) is 27.2 Å². The molecule has 0 spiro atoms. The number of hydrogen-bond donors (Lipinski definition) is 2. The number of amides is 1. The van der Waals surface area contributed by atoms with E-state index in [9.17, 15) is 19.5 Å². The van der Waals surface area contributed by atoms with E-state index in [1.54, 1.807) is 0 Å². The van der Waals surface area contributed by atoms with Gasteiger partial charge in [-0.25, -0.2) is 0 Å². The van der Waals surface area contributed by atoms with Crippen molar-refractivity contribution in [1.82, 2.24) is 5.32 Å². The van der Waals surface area contributed by atoms with Gasteiger partial charge in [0.2, 0.25) is 5.91 Å². The Hall–Kier alpha value is -1.67. The lowest BCUT2D eigenvalue weighted by atomic mass is 10.0. The van der Waals surface area contributed by atoms with E-state index >= 15 is 0 Å². The Morgan fingerprint density at radius 2 is 1.90 bits per heavy atom. The summed E-state index contributed by atoms with van der Waals surface area (Å²) in [4.78, 5) is 32.9. The number of esters is 2. The number of aliphatic hydroxyl groups is 1. The zero-order chi connectivity index (χ0) is 15.3. The Morgan fingerprint density at radius 3 is 2.40 bits per heavy atom. The number of ether oxygens (including phenoxy) is 3. The zero-order valence-electron chi connectivity index (χ0n) is 11.6. The summed E-state index contributed by atoms with van der Waals surface area (Å²) in [5.74, 6) is -1.37. The maximum atomic E-state index is 11.1. The Balaban J connectivity index is 2.70. The van der Waals surface area contributed by atoms with Crippen LogP contribution in [0.2, 0.25) is 0 Å². The van der Waals surface area contributed by atoms with Crippen molar-refractivity contribution in [2.45, 2.75) is 51.7 Å². The Labute approximate surface area is 116 Å².